The van der Waals surface area contributed by atoms with Gasteiger partial charge in [-0.05, 0) is 18.3 Å². The molecular weight excluding hydrogens is 224 g/mol. The Labute approximate surface area is 113 Å². The van der Waals surface area contributed by atoms with Gasteiger partial charge >= 0.3 is 5.97 Å². The first-order valence-electron chi connectivity index (χ1n) is 7.87. The zero-order valence-electron chi connectivity index (χ0n) is 12.6. The Hall–Kier alpha value is -0.530. The molecule has 108 valence electrons. The summed E-state index contributed by atoms with van der Waals surface area (Å²) in [5, 5.41) is 8.56. The Morgan fingerprint density at radius 3 is 1.94 bits per heavy atom. The van der Waals surface area contributed by atoms with Gasteiger partial charge in [0.05, 0.1) is 0 Å². The van der Waals surface area contributed by atoms with Crippen molar-refractivity contribution in [2.75, 3.05) is 0 Å². The van der Waals surface area contributed by atoms with Crippen LogP contribution in [0.4, 0.5) is 0 Å². The second-order valence-electron chi connectivity index (χ2n) is 5.47. The molecule has 2 unspecified atom stereocenters. The highest BCUT2D eigenvalue weighted by atomic mass is 16.4. The average Bonchev–Trinajstić information content (AvgIpc) is 2.35. The molecule has 0 radical (unpaired) electrons. The van der Waals surface area contributed by atoms with Crippen LogP contribution >= 0.6 is 0 Å². The van der Waals surface area contributed by atoms with Crippen molar-refractivity contribution in [1.82, 2.24) is 0 Å². The van der Waals surface area contributed by atoms with Gasteiger partial charge in [-0.1, -0.05) is 72.1 Å². The van der Waals surface area contributed by atoms with E-state index in [1.54, 1.807) is 0 Å². The Balaban J connectivity index is 3.69. The molecule has 2 nitrogen and oxygen atoms in total. The summed E-state index contributed by atoms with van der Waals surface area (Å²) >= 11 is 0. The minimum absolute atomic E-state index is 0.338. The fraction of sp³-hybridized carbons (Fsp3) is 0.938. The molecule has 0 aromatic rings. The first-order valence-corrected chi connectivity index (χ1v) is 7.87. The SMILES string of the molecule is CCCC(CC)C(CC)CCCCCCC(=O)O. The lowest BCUT2D eigenvalue weighted by Gasteiger charge is -2.25. The van der Waals surface area contributed by atoms with Crippen molar-refractivity contribution in [1.29, 1.82) is 0 Å². The average molecular weight is 256 g/mol. The predicted octanol–water partition coefficient (Wildman–Crippen LogP) is 5.26. The van der Waals surface area contributed by atoms with Gasteiger partial charge in [-0.25, -0.2) is 0 Å². The third-order valence-electron chi connectivity index (χ3n) is 4.09. The lowest BCUT2D eigenvalue weighted by atomic mass is 9.81. The lowest BCUT2D eigenvalue weighted by molar-refractivity contribution is -0.137. The fourth-order valence-corrected chi connectivity index (χ4v) is 2.95. The van der Waals surface area contributed by atoms with Crippen molar-refractivity contribution in [3.05, 3.63) is 0 Å². The topological polar surface area (TPSA) is 37.3 Å². The van der Waals surface area contributed by atoms with Crippen LogP contribution in [0.25, 0.3) is 0 Å². The van der Waals surface area contributed by atoms with Crippen molar-refractivity contribution in [2.24, 2.45) is 11.8 Å². The number of rotatable bonds is 12. The number of carboxylic acids is 1. The molecule has 0 fully saturated rings. The summed E-state index contributed by atoms with van der Waals surface area (Å²) in [7, 11) is 0. The minimum atomic E-state index is -0.657. The fourth-order valence-electron chi connectivity index (χ4n) is 2.95. The zero-order valence-corrected chi connectivity index (χ0v) is 12.6. The first-order chi connectivity index (χ1) is 8.65. The maximum absolute atomic E-state index is 10.4. The molecule has 0 aliphatic carbocycles. The summed E-state index contributed by atoms with van der Waals surface area (Å²) in [5.41, 5.74) is 0. The Bertz CT molecular complexity index is 201. The van der Waals surface area contributed by atoms with E-state index in [-0.39, 0.29) is 0 Å². The molecule has 0 heterocycles. The van der Waals surface area contributed by atoms with Crippen LogP contribution in [-0.2, 0) is 4.79 Å². The van der Waals surface area contributed by atoms with Crippen LogP contribution in [0.5, 0.6) is 0 Å². The third kappa shape index (κ3) is 8.54. The number of hydrogen-bond donors (Lipinski definition) is 1. The van der Waals surface area contributed by atoms with Crippen molar-refractivity contribution in [3.8, 4) is 0 Å². The van der Waals surface area contributed by atoms with Gasteiger partial charge in [-0.2, -0.15) is 0 Å². The Kier molecular flexibility index (Phi) is 11.2. The molecule has 0 amide bonds. The van der Waals surface area contributed by atoms with Crippen LogP contribution in [0.2, 0.25) is 0 Å². The first kappa shape index (κ1) is 17.5. The van der Waals surface area contributed by atoms with Gasteiger partial charge in [0.1, 0.15) is 0 Å². The monoisotopic (exact) mass is 256 g/mol. The van der Waals surface area contributed by atoms with E-state index in [4.69, 9.17) is 5.11 Å². The summed E-state index contributed by atoms with van der Waals surface area (Å²) in [5.74, 6) is 1.13. The van der Waals surface area contributed by atoms with Crippen LogP contribution in [0.3, 0.4) is 0 Å². The van der Waals surface area contributed by atoms with Gasteiger partial charge in [0, 0.05) is 6.42 Å². The van der Waals surface area contributed by atoms with Gasteiger partial charge in [0.15, 0.2) is 0 Å². The van der Waals surface area contributed by atoms with E-state index in [0.717, 1.165) is 24.7 Å². The molecule has 0 aliphatic heterocycles. The van der Waals surface area contributed by atoms with Gasteiger partial charge in [0.2, 0.25) is 0 Å². The largest absolute Gasteiger partial charge is 0.481 e. The number of hydrogen-bond acceptors (Lipinski definition) is 1. The van der Waals surface area contributed by atoms with E-state index in [9.17, 15) is 4.79 Å². The molecule has 0 bridgehead atoms. The normalized spacial score (nSPS) is 14.4. The van der Waals surface area contributed by atoms with E-state index in [2.05, 4.69) is 20.8 Å². The second-order valence-corrected chi connectivity index (χ2v) is 5.47. The molecule has 2 heteroatoms. The van der Waals surface area contributed by atoms with Crippen LogP contribution < -0.4 is 0 Å². The summed E-state index contributed by atoms with van der Waals surface area (Å²) in [6.07, 6.45) is 11.4. The van der Waals surface area contributed by atoms with E-state index in [1.807, 2.05) is 0 Å². The summed E-state index contributed by atoms with van der Waals surface area (Å²) < 4.78 is 0. The molecular formula is C16H32O2. The van der Waals surface area contributed by atoms with Crippen LogP contribution in [-0.4, -0.2) is 11.1 Å². The van der Waals surface area contributed by atoms with Crippen LogP contribution in [0.15, 0.2) is 0 Å². The Morgan fingerprint density at radius 2 is 1.44 bits per heavy atom. The standard InChI is InChI=1S/C16H32O2/c1-4-11-14(5-2)15(6-3)12-9-7-8-10-13-16(17)18/h14-15H,4-13H2,1-3H3,(H,17,18). The zero-order chi connectivity index (χ0) is 13.8. The maximum Gasteiger partial charge on any atom is 0.303 e. The highest BCUT2D eigenvalue weighted by Crippen LogP contribution is 2.28. The second kappa shape index (κ2) is 11.6. The lowest BCUT2D eigenvalue weighted by Crippen LogP contribution is -2.13. The molecule has 0 saturated carbocycles. The smallest absolute Gasteiger partial charge is 0.303 e. The van der Waals surface area contributed by atoms with Gasteiger partial charge in [-0.15, -0.1) is 0 Å². The van der Waals surface area contributed by atoms with E-state index in [0.29, 0.717) is 6.42 Å². The van der Waals surface area contributed by atoms with Crippen molar-refractivity contribution >= 4 is 5.97 Å². The molecule has 0 aromatic carbocycles. The molecule has 1 N–H and O–H groups in total. The molecule has 2 atom stereocenters. The molecule has 0 aromatic heterocycles. The minimum Gasteiger partial charge on any atom is -0.481 e. The van der Waals surface area contributed by atoms with E-state index < -0.39 is 5.97 Å². The van der Waals surface area contributed by atoms with E-state index >= 15 is 0 Å². The number of unbranched alkanes of at least 4 members (excludes halogenated alkanes) is 3. The molecule has 0 saturated heterocycles. The van der Waals surface area contributed by atoms with Gasteiger partial charge in [-0.3, -0.25) is 4.79 Å². The maximum atomic E-state index is 10.4. The number of aliphatic carboxylic acids is 1. The predicted molar refractivity (Wildman–Crippen MR) is 77.8 cm³/mol. The number of carboxylic acid groups (broad SMARTS) is 1. The van der Waals surface area contributed by atoms with Crippen molar-refractivity contribution in [3.63, 3.8) is 0 Å². The quantitative estimate of drug-likeness (QED) is 0.483. The molecule has 18 heavy (non-hydrogen) atoms. The van der Waals surface area contributed by atoms with Crippen molar-refractivity contribution in [2.45, 2.75) is 85.0 Å². The third-order valence-corrected chi connectivity index (χ3v) is 4.09. The van der Waals surface area contributed by atoms with Gasteiger partial charge in [0.25, 0.3) is 0 Å². The van der Waals surface area contributed by atoms with Crippen LogP contribution in [0, 0.1) is 11.8 Å². The highest BCUT2D eigenvalue weighted by Gasteiger charge is 2.16. The highest BCUT2D eigenvalue weighted by molar-refractivity contribution is 5.66. The molecule has 0 rings (SSSR count). The van der Waals surface area contributed by atoms with Crippen molar-refractivity contribution < 1.29 is 9.90 Å². The van der Waals surface area contributed by atoms with Crippen LogP contribution in [0.1, 0.15) is 85.0 Å². The Morgan fingerprint density at radius 1 is 0.889 bits per heavy atom. The molecule has 0 spiro atoms. The summed E-state index contributed by atoms with van der Waals surface area (Å²) in [6.45, 7) is 6.91. The summed E-state index contributed by atoms with van der Waals surface area (Å²) in [6, 6.07) is 0. The van der Waals surface area contributed by atoms with E-state index in [1.165, 1.54) is 44.9 Å². The summed E-state index contributed by atoms with van der Waals surface area (Å²) in [4.78, 5) is 10.4. The molecule has 0 aliphatic rings. The number of carbonyl (C=O) groups is 1. The van der Waals surface area contributed by atoms with Gasteiger partial charge < -0.3 is 5.11 Å².